The summed E-state index contributed by atoms with van der Waals surface area (Å²) in [5.41, 5.74) is -0.650. The van der Waals surface area contributed by atoms with Crippen molar-refractivity contribution >= 4 is 12.1 Å². The summed E-state index contributed by atoms with van der Waals surface area (Å²) in [5.74, 6) is -0.647. The van der Waals surface area contributed by atoms with Crippen LogP contribution in [0.5, 0.6) is 0 Å². The minimum atomic E-state index is -1.05. The van der Waals surface area contributed by atoms with Crippen molar-refractivity contribution in [3.8, 4) is 0 Å². The largest absolute Gasteiger partial charge is 0.458 e. The zero-order chi connectivity index (χ0) is 12.5. The Morgan fingerprint density at radius 2 is 2.06 bits per heavy atom. The first-order chi connectivity index (χ1) is 7.20. The zero-order valence-electron chi connectivity index (χ0n) is 9.81. The van der Waals surface area contributed by atoms with Crippen molar-refractivity contribution in [2.24, 2.45) is 0 Å². The molecule has 2 N–H and O–H groups in total. The molecule has 0 aromatic heterocycles. The summed E-state index contributed by atoms with van der Waals surface area (Å²) in [7, 11) is 0. The smallest absolute Gasteiger partial charge is 0.408 e. The quantitative estimate of drug-likeness (QED) is 0.629. The highest BCUT2D eigenvalue weighted by molar-refractivity contribution is 5.84. The van der Waals surface area contributed by atoms with Crippen molar-refractivity contribution < 1.29 is 24.2 Å². The number of aliphatic hydroxyl groups excluding tert-OH is 1. The standard InChI is InChI=1S/C10H17NO5/c1-5-7(12)6(8(13)15-5)11-9(14)16-10(2,3)4/h5-7,12H,1-4H3,(H,11,14)/t5-,6-,7-/m1/s1. The van der Waals surface area contributed by atoms with Crippen molar-refractivity contribution in [3.63, 3.8) is 0 Å². The predicted molar refractivity (Wildman–Crippen MR) is 54.7 cm³/mol. The van der Waals surface area contributed by atoms with Crippen LogP contribution in [-0.2, 0) is 14.3 Å². The number of hydrogen-bond donors (Lipinski definition) is 2. The molecule has 1 fully saturated rings. The lowest BCUT2D eigenvalue weighted by Gasteiger charge is -2.21. The van der Waals surface area contributed by atoms with Crippen LogP contribution in [0.15, 0.2) is 0 Å². The Kier molecular flexibility index (Phi) is 3.42. The number of hydrogen-bond acceptors (Lipinski definition) is 5. The van der Waals surface area contributed by atoms with Gasteiger partial charge in [0.2, 0.25) is 0 Å². The van der Waals surface area contributed by atoms with Gasteiger partial charge in [-0.25, -0.2) is 9.59 Å². The molecule has 0 aliphatic carbocycles. The van der Waals surface area contributed by atoms with Crippen molar-refractivity contribution in [2.75, 3.05) is 0 Å². The summed E-state index contributed by atoms with van der Waals surface area (Å²) in [4.78, 5) is 22.6. The van der Waals surface area contributed by atoms with E-state index in [1.165, 1.54) is 0 Å². The van der Waals surface area contributed by atoms with Gasteiger partial charge in [0.1, 0.15) is 17.8 Å². The Morgan fingerprint density at radius 3 is 2.44 bits per heavy atom. The highest BCUT2D eigenvalue weighted by atomic mass is 16.6. The number of nitrogens with one attached hydrogen (secondary N) is 1. The second-order valence-corrected chi connectivity index (χ2v) is 4.76. The van der Waals surface area contributed by atoms with Crippen LogP contribution >= 0.6 is 0 Å². The third-order valence-electron chi connectivity index (χ3n) is 2.05. The van der Waals surface area contributed by atoms with Crippen LogP contribution in [0.2, 0.25) is 0 Å². The topological polar surface area (TPSA) is 84.9 Å². The Labute approximate surface area is 93.9 Å². The molecule has 16 heavy (non-hydrogen) atoms. The molecule has 6 heteroatoms. The molecule has 1 amide bonds. The van der Waals surface area contributed by atoms with Crippen LogP contribution in [0.25, 0.3) is 0 Å². The molecule has 0 unspecified atom stereocenters. The molecule has 1 heterocycles. The molecule has 92 valence electrons. The normalized spacial score (nSPS) is 29.8. The second kappa shape index (κ2) is 4.29. The number of carbonyl (C=O) groups is 2. The third kappa shape index (κ3) is 3.10. The lowest BCUT2D eigenvalue weighted by Crippen LogP contribution is -2.47. The molecular formula is C10H17NO5. The van der Waals surface area contributed by atoms with E-state index in [-0.39, 0.29) is 0 Å². The number of ether oxygens (including phenoxy) is 2. The Bertz CT molecular complexity index is 296. The fraction of sp³-hybridized carbons (Fsp3) is 0.800. The van der Waals surface area contributed by atoms with Gasteiger partial charge in [-0.1, -0.05) is 0 Å². The maximum atomic E-state index is 11.4. The maximum Gasteiger partial charge on any atom is 0.408 e. The molecule has 1 aliphatic heterocycles. The number of esters is 1. The monoisotopic (exact) mass is 231 g/mol. The molecule has 0 radical (unpaired) electrons. The number of carbonyl (C=O) groups excluding carboxylic acids is 2. The van der Waals surface area contributed by atoms with E-state index in [0.29, 0.717) is 0 Å². The van der Waals surface area contributed by atoms with Gasteiger partial charge in [0, 0.05) is 0 Å². The zero-order valence-corrected chi connectivity index (χ0v) is 9.81. The fourth-order valence-electron chi connectivity index (χ4n) is 1.32. The number of cyclic esters (lactones) is 1. The summed E-state index contributed by atoms with van der Waals surface area (Å²) < 4.78 is 9.72. The van der Waals surface area contributed by atoms with Crippen LogP contribution in [0.1, 0.15) is 27.7 Å². The fourth-order valence-corrected chi connectivity index (χ4v) is 1.32. The van der Waals surface area contributed by atoms with Crippen molar-refractivity contribution in [2.45, 2.75) is 51.5 Å². The maximum absolute atomic E-state index is 11.4. The van der Waals surface area contributed by atoms with Gasteiger partial charge in [-0.2, -0.15) is 0 Å². The molecular weight excluding hydrogens is 214 g/mol. The molecule has 3 atom stereocenters. The van der Waals surface area contributed by atoms with E-state index in [2.05, 4.69) is 5.32 Å². The van der Waals surface area contributed by atoms with Crippen LogP contribution in [0.4, 0.5) is 4.79 Å². The summed E-state index contributed by atoms with van der Waals surface area (Å²) in [6.07, 6.45) is -2.41. The minimum absolute atomic E-state index is 0.618. The average molecular weight is 231 g/mol. The molecule has 1 saturated heterocycles. The van der Waals surface area contributed by atoms with Crippen molar-refractivity contribution in [3.05, 3.63) is 0 Å². The Hall–Kier alpha value is -1.30. The second-order valence-electron chi connectivity index (χ2n) is 4.76. The molecule has 0 bridgehead atoms. The SMILES string of the molecule is C[C@H]1OC(=O)[C@H](NC(=O)OC(C)(C)C)[C@@H]1O. The number of rotatable bonds is 1. The van der Waals surface area contributed by atoms with Crippen LogP contribution in [-0.4, -0.2) is 41.0 Å². The summed E-state index contributed by atoms with van der Waals surface area (Å²) in [6.45, 7) is 6.68. The van der Waals surface area contributed by atoms with Crippen LogP contribution in [0, 0.1) is 0 Å². The van der Waals surface area contributed by atoms with E-state index in [4.69, 9.17) is 9.47 Å². The number of aliphatic hydroxyl groups is 1. The highest BCUT2D eigenvalue weighted by Gasteiger charge is 2.42. The van der Waals surface area contributed by atoms with Crippen LogP contribution in [0.3, 0.4) is 0 Å². The van der Waals surface area contributed by atoms with Gasteiger partial charge in [-0.15, -0.1) is 0 Å². The Balaban J connectivity index is 2.55. The molecule has 6 nitrogen and oxygen atoms in total. The molecule has 0 saturated carbocycles. The first-order valence-electron chi connectivity index (χ1n) is 5.09. The van der Waals surface area contributed by atoms with Gasteiger partial charge in [0.05, 0.1) is 0 Å². The van der Waals surface area contributed by atoms with Gasteiger partial charge in [-0.05, 0) is 27.7 Å². The van der Waals surface area contributed by atoms with E-state index in [1.54, 1.807) is 27.7 Å². The molecule has 0 aromatic rings. The predicted octanol–water partition coefficient (Wildman–Crippen LogP) is 0.186. The Morgan fingerprint density at radius 1 is 1.50 bits per heavy atom. The van der Waals surface area contributed by atoms with Gasteiger partial charge in [0.25, 0.3) is 0 Å². The van der Waals surface area contributed by atoms with Crippen LogP contribution < -0.4 is 5.32 Å². The molecule has 1 rings (SSSR count). The van der Waals surface area contributed by atoms with Gasteiger partial charge >= 0.3 is 12.1 Å². The third-order valence-corrected chi connectivity index (χ3v) is 2.05. The van der Waals surface area contributed by atoms with E-state index < -0.39 is 35.9 Å². The number of amides is 1. The van der Waals surface area contributed by atoms with E-state index in [9.17, 15) is 14.7 Å². The lowest BCUT2D eigenvalue weighted by atomic mass is 10.1. The molecule has 1 aliphatic rings. The van der Waals surface area contributed by atoms with Gasteiger partial charge in [-0.3, -0.25) is 0 Å². The molecule has 0 aromatic carbocycles. The van der Waals surface area contributed by atoms with E-state index >= 15 is 0 Å². The van der Waals surface area contributed by atoms with Crippen molar-refractivity contribution in [1.29, 1.82) is 0 Å². The highest BCUT2D eigenvalue weighted by Crippen LogP contribution is 2.16. The summed E-state index contributed by atoms with van der Waals surface area (Å²) in [5, 5.41) is 11.8. The molecule has 0 spiro atoms. The summed E-state index contributed by atoms with van der Waals surface area (Å²) >= 11 is 0. The minimum Gasteiger partial charge on any atom is -0.458 e. The van der Waals surface area contributed by atoms with E-state index in [1.807, 2.05) is 0 Å². The summed E-state index contributed by atoms with van der Waals surface area (Å²) in [6, 6.07) is -1.05. The lowest BCUT2D eigenvalue weighted by molar-refractivity contribution is -0.142. The first-order valence-corrected chi connectivity index (χ1v) is 5.09. The van der Waals surface area contributed by atoms with Gasteiger partial charge < -0.3 is 19.9 Å². The first kappa shape index (κ1) is 12.8. The van der Waals surface area contributed by atoms with Crippen molar-refractivity contribution in [1.82, 2.24) is 5.32 Å². The average Bonchev–Trinajstić information content (AvgIpc) is 2.29. The van der Waals surface area contributed by atoms with E-state index in [0.717, 1.165) is 0 Å². The number of alkyl carbamates (subject to hydrolysis) is 1. The van der Waals surface area contributed by atoms with Gasteiger partial charge in [0.15, 0.2) is 6.04 Å².